The summed E-state index contributed by atoms with van der Waals surface area (Å²) in [6.07, 6.45) is 89.6. The lowest BCUT2D eigenvalue weighted by Gasteiger charge is -2.15. The smallest absolute Gasteiger partial charge is 0.306 e. The highest BCUT2D eigenvalue weighted by atomic mass is 16.6. The van der Waals surface area contributed by atoms with Gasteiger partial charge in [0.2, 0.25) is 0 Å². The third-order valence-electron chi connectivity index (χ3n) is 15.1. The Kier molecular flexibility index (Phi) is 63.8. The fraction of sp³-hybridized carbons (Fsp3) is 0.829. The summed E-state index contributed by atoms with van der Waals surface area (Å²) in [6, 6.07) is 0. The molecule has 0 heterocycles. The third-order valence-corrected chi connectivity index (χ3v) is 15.1. The van der Waals surface area contributed by atoms with Crippen molar-refractivity contribution in [2.24, 2.45) is 0 Å². The molecule has 0 saturated carbocycles. The molecular formula is C70H128O5. The molecule has 0 radical (unpaired) electrons. The van der Waals surface area contributed by atoms with Gasteiger partial charge in [0.05, 0.1) is 6.61 Å². The standard InChI is InChI=1S/C70H128O5/c1-3-5-7-9-11-13-15-17-19-21-23-25-27-29-31-33-34-35-37-38-40-42-44-46-48-50-52-54-56-58-60-62-64-69(72)74-67-68(66-71)75-70(73)65-63-61-59-57-55-53-51-49-47-45-43-41-39-36-32-30-28-26-24-22-20-18-16-14-12-10-8-6-4-2/h6,8,12,14,18,20,24,26,30,32,68,71H,3-5,7,9-11,13,15-17,19,21-23,25,27-29,31,33-67H2,1-2H3/b8-6-,14-12-,20-18-,26-24-,32-30-. The molecule has 0 spiro atoms. The zero-order valence-corrected chi connectivity index (χ0v) is 50.3. The van der Waals surface area contributed by atoms with Crippen molar-refractivity contribution in [3.05, 3.63) is 60.8 Å². The molecule has 5 heteroatoms. The molecule has 75 heavy (non-hydrogen) atoms. The monoisotopic (exact) mass is 1050 g/mol. The summed E-state index contributed by atoms with van der Waals surface area (Å²) in [5.41, 5.74) is 0. The highest BCUT2D eigenvalue weighted by Gasteiger charge is 2.16. The Labute approximate surface area is 468 Å². The molecule has 0 aliphatic heterocycles. The van der Waals surface area contributed by atoms with E-state index in [2.05, 4.69) is 74.6 Å². The van der Waals surface area contributed by atoms with E-state index in [1.54, 1.807) is 0 Å². The van der Waals surface area contributed by atoms with Gasteiger partial charge in [-0.2, -0.15) is 0 Å². The number of hydrogen-bond acceptors (Lipinski definition) is 5. The minimum Gasteiger partial charge on any atom is -0.462 e. The normalized spacial score (nSPS) is 12.5. The van der Waals surface area contributed by atoms with Gasteiger partial charge in [-0.05, 0) is 57.8 Å². The SMILES string of the molecule is CC/C=C\C/C=C\C/C=C\C/C=C\C/C=C\CCCCCCCCCCCCCCCC(=O)OC(CO)COC(=O)CCCCCCCCCCCCCCCCCCCCCCCCCCCCCCCCCC. The van der Waals surface area contributed by atoms with Gasteiger partial charge in [-0.25, -0.2) is 0 Å². The molecule has 0 rings (SSSR count). The van der Waals surface area contributed by atoms with Crippen LogP contribution in [0, 0.1) is 0 Å². The second-order valence-electron chi connectivity index (χ2n) is 22.5. The first-order valence-electron chi connectivity index (χ1n) is 33.3. The van der Waals surface area contributed by atoms with Crippen LogP contribution < -0.4 is 0 Å². The van der Waals surface area contributed by atoms with Crippen LogP contribution >= 0.6 is 0 Å². The molecule has 0 aliphatic rings. The van der Waals surface area contributed by atoms with Crippen molar-refractivity contribution in [1.82, 2.24) is 0 Å². The molecule has 1 N–H and O–H groups in total. The molecule has 0 aromatic carbocycles. The fourth-order valence-corrected chi connectivity index (χ4v) is 10.1. The van der Waals surface area contributed by atoms with Crippen LogP contribution in [-0.4, -0.2) is 36.4 Å². The Morgan fingerprint density at radius 3 is 0.867 bits per heavy atom. The number of unbranched alkanes of at least 4 members (excludes halogenated alkanes) is 44. The maximum absolute atomic E-state index is 12.3. The first kappa shape index (κ1) is 72.6. The number of allylic oxidation sites excluding steroid dienone is 10. The van der Waals surface area contributed by atoms with Gasteiger partial charge in [0.25, 0.3) is 0 Å². The quantitative estimate of drug-likeness (QED) is 0.0373. The Morgan fingerprint density at radius 1 is 0.320 bits per heavy atom. The molecule has 0 bridgehead atoms. The van der Waals surface area contributed by atoms with Crippen molar-refractivity contribution in [1.29, 1.82) is 0 Å². The lowest BCUT2D eigenvalue weighted by atomic mass is 10.0. The predicted octanol–water partition coefficient (Wildman–Crippen LogP) is 22.9. The second-order valence-corrected chi connectivity index (χ2v) is 22.5. The Balaban J connectivity index is 3.42. The van der Waals surface area contributed by atoms with E-state index in [0.717, 1.165) is 70.6 Å². The number of hydrogen-bond donors (Lipinski definition) is 1. The molecule has 1 unspecified atom stereocenters. The van der Waals surface area contributed by atoms with Crippen LogP contribution in [0.5, 0.6) is 0 Å². The van der Waals surface area contributed by atoms with Crippen LogP contribution in [0.3, 0.4) is 0 Å². The van der Waals surface area contributed by atoms with Crippen molar-refractivity contribution in [3.63, 3.8) is 0 Å². The fourth-order valence-electron chi connectivity index (χ4n) is 10.1. The Morgan fingerprint density at radius 2 is 0.573 bits per heavy atom. The zero-order valence-electron chi connectivity index (χ0n) is 50.3. The van der Waals surface area contributed by atoms with E-state index in [-0.39, 0.29) is 25.2 Å². The molecule has 0 saturated heterocycles. The lowest BCUT2D eigenvalue weighted by Crippen LogP contribution is -2.28. The number of aliphatic hydroxyl groups is 1. The highest BCUT2D eigenvalue weighted by Crippen LogP contribution is 2.18. The summed E-state index contributed by atoms with van der Waals surface area (Å²) in [5.74, 6) is -0.575. The summed E-state index contributed by atoms with van der Waals surface area (Å²) in [6.45, 7) is 4.08. The predicted molar refractivity (Wildman–Crippen MR) is 330 cm³/mol. The first-order valence-corrected chi connectivity index (χ1v) is 33.3. The van der Waals surface area contributed by atoms with Gasteiger partial charge in [-0.1, -0.05) is 344 Å². The summed E-state index contributed by atoms with van der Waals surface area (Å²) >= 11 is 0. The van der Waals surface area contributed by atoms with Gasteiger partial charge < -0.3 is 14.6 Å². The van der Waals surface area contributed by atoms with Crippen molar-refractivity contribution in [2.75, 3.05) is 13.2 Å². The van der Waals surface area contributed by atoms with Crippen molar-refractivity contribution >= 4 is 11.9 Å². The van der Waals surface area contributed by atoms with E-state index < -0.39 is 6.10 Å². The van der Waals surface area contributed by atoms with Crippen molar-refractivity contribution in [3.8, 4) is 0 Å². The van der Waals surface area contributed by atoms with Crippen LogP contribution in [0.4, 0.5) is 0 Å². The van der Waals surface area contributed by atoms with Crippen molar-refractivity contribution < 1.29 is 24.2 Å². The lowest BCUT2D eigenvalue weighted by molar-refractivity contribution is -0.161. The number of esters is 2. The van der Waals surface area contributed by atoms with Crippen LogP contribution in [-0.2, 0) is 19.1 Å². The zero-order chi connectivity index (χ0) is 54.1. The maximum atomic E-state index is 12.3. The molecule has 5 nitrogen and oxygen atoms in total. The van der Waals surface area contributed by atoms with Crippen LogP contribution in [0.2, 0.25) is 0 Å². The molecule has 1 atom stereocenters. The van der Waals surface area contributed by atoms with Crippen LogP contribution in [0.1, 0.15) is 354 Å². The molecule has 0 aliphatic carbocycles. The minimum absolute atomic E-state index is 0.0630. The van der Waals surface area contributed by atoms with Crippen LogP contribution in [0.15, 0.2) is 60.8 Å². The number of carbonyl (C=O) groups is 2. The van der Waals surface area contributed by atoms with Crippen LogP contribution in [0.25, 0.3) is 0 Å². The van der Waals surface area contributed by atoms with Gasteiger partial charge in [0.1, 0.15) is 6.61 Å². The Hall–Kier alpha value is -2.40. The molecule has 438 valence electrons. The van der Waals surface area contributed by atoms with Gasteiger partial charge in [0, 0.05) is 12.8 Å². The van der Waals surface area contributed by atoms with E-state index in [4.69, 9.17) is 9.47 Å². The van der Waals surface area contributed by atoms with E-state index in [1.165, 1.54) is 257 Å². The van der Waals surface area contributed by atoms with E-state index in [1.807, 2.05) is 0 Å². The third kappa shape index (κ3) is 64.0. The molecule has 0 fully saturated rings. The second kappa shape index (κ2) is 65.9. The Bertz CT molecular complexity index is 1280. The average Bonchev–Trinajstić information content (AvgIpc) is 3.41. The number of aliphatic hydroxyl groups excluding tert-OH is 1. The van der Waals surface area contributed by atoms with E-state index in [9.17, 15) is 14.7 Å². The molecular weight excluding hydrogens is 921 g/mol. The first-order chi connectivity index (χ1) is 37.1. The van der Waals surface area contributed by atoms with Gasteiger partial charge in [-0.15, -0.1) is 0 Å². The largest absolute Gasteiger partial charge is 0.462 e. The van der Waals surface area contributed by atoms with E-state index in [0.29, 0.717) is 12.8 Å². The topological polar surface area (TPSA) is 72.8 Å². The summed E-state index contributed by atoms with van der Waals surface area (Å²) in [7, 11) is 0. The molecule has 0 amide bonds. The number of rotatable bonds is 62. The van der Waals surface area contributed by atoms with Crippen molar-refractivity contribution in [2.45, 2.75) is 360 Å². The average molecular weight is 1050 g/mol. The summed E-state index contributed by atoms with van der Waals surface area (Å²) in [4.78, 5) is 24.6. The van der Waals surface area contributed by atoms with Gasteiger partial charge >= 0.3 is 11.9 Å². The van der Waals surface area contributed by atoms with Gasteiger partial charge in [-0.3, -0.25) is 9.59 Å². The highest BCUT2D eigenvalue weighted by molar-refractivity contribution is 5.70. The van der Waals surface area contributed by atoms with Gasteiger partial charge in [0.15, 0.2) is 6.10 Å². The number of ether oxygens (including phenoxy) is 2. The minimum atomic E-state index is -0.774. The summed E-state index contributed by atoms with van der Waals surface area (Å²) in [5, 5.41) is 9.69. The summed E-state index contributed by atoms with van der Waals surface area (Å²) < 4.78 is 10.8. The molecule has 0 aromatic heterocycles. The number of carbonyl (C=O) groups excluding carboxylic acids is 2. The van der Waals surface area contributed by atoms with E-state index >= 15 is 0 Å². The molecule has 0 aromatic rings. The maximum Gasteiger partial charge on any atom is 0.306 e.